The summed E-state index contributed by atoms with van der Waals surface area (Å²) in [5.41, 5.74) is 0. The monoisotopic (exact) mass is 274 g/mol. The van der Waals surface area contributed by atoms with Crippen LogP contribution in [0, 0.1) is 22.7 Å². The van der Waals surface area contributed by atoms with Crippen LogP contribution in [-0.4, -0.2) is 34.6 Å². The zero-order chi connectivity index (χ0) is 13.9. The molecule has 0 spiro atoms. The van der Waals surface area contributed by atoms with E-state index in [4.69, 9.17) is 10.5 Å². The molecule has 0 unspecified atom stereocenters. The Hall–Kier alpha value is -2.05. The fourth-order valence-electron chi connectivity index (χ4n) is 1.40. The number of hydrogen-bond acceptors (Lipinski definition) is 5. The smallest absolute Gasteiger partial charge is 0.232 e. The Balaban J connectivity index is 2.47. The number of pyridine rings is 1. The largest absolute Gasteiger partial charge is 0.340 e. The zero-order valence-electron chi connectivity index (χ0n) is 10.5. The van der Waals surface area contributed by atoms with Gasteiger partial charge in [0.05, 0.1) is 30.7 Å². The number of carbonyl (C=O) groups is 1. The van der Waals surface area contributed by atoms with Crippen molar-refractivity contribution in [3.8, 4) is 12.1 Å². The van der Waals surface area contributed by atoms with Crippen LogP contribution in [0.25, 0.3) is 0 Å². The number of hydrogen-bond donors (Lipinski definition) is 0. The van der Waals surface area contributed by atoms with Gasteiger partial charge in [-0.05, 0) is 12.1 Å². The van der Waals surface area contributed by atoms with Crippen LogP contribution in [0.4, 0.5) is 0 Å². The van der Waals surface area contributed by atoms with E-state index in [2.05, 4.69) is 4.98 Å². The molecule has 0 aromatic carbocycles. The minimum Gasteiger partial charge on any atom is -0.340 e. The fraction of sp³-hybridized carbons (Fsp3) is 0.385. The molecule has 1 amide bonds. The summed E-state index contributed by atoms with van der Waals surface area (Å²) in [6.07, 6.45) is 3.93. The van der Waals surface area contributed by atoms with Gasteiger partial charge in [0.2, 0.25) is 5.91 Å². The van der Waals surface area contributed by atoms with Crippen LogP contribution in [0.15, 0.2) is 29.4 Å². The molecule has 0 saturated carbocycles. The Labute approximate surface area is 116 Å². The molecule has 6 heteroatoms. The molecule has 0 N–H and O–H groups in total. The summed E-state index contributed by atoms with van der Waals surface area (Å²) >= 11 is 1.43. The third-order valence-corrected chi connectivity index (χ3v) is 3.35. The second-order valence-corrected chi connectivity index (χ2v) is 4.72. The van der Waals surface area contributed by atoms with Crippen molar-refractivity contribution in [1.29, 1.82) is 10.5 Å². The Morgan fingerprint density at radius 2 is 1.79 bits per heavy atom. The number of nitrogens with zero attached hydrogens (tertiary/aromatic N) is 4. The van der Waals surface area contributed by atoms with E-state index in [-0.39, 0.29) is 18.7 Å². The lowest BCUT2D eigenvalue weighted by Crippen LogP contribution is -2.34. The molecular formula is C13H14N4OS. The first kappa shape index (κ1) is 15.0. The van der Waals surface area contributed by atoms with E-state index in [0.29, 0.717) is 18.8 Å². The molecular weight excluding hydrogens is 260 g/mol. The summed E-state index contributed by atoms with van der Waals surface area (Å²) in [4.78, 5) is 18.5. The van der Waals surface area contributed by atoms with Crippen LogP contribution in [0.2, 0.25) is 0 Å². The van der Waals surface area contributed by atoms with Crippen molar-refractivity contribution >= 4 is 17.7 Å². The van der Waals surface area contributed by atoms with Gasteiger partial charge in [0, 0.05) is 30.4 Å². The van der Waals surface area contributed by atoms with E-state index >= 15 is 0 Å². The van der Waals surface area contributed by atoms with Crippen molar-refractivity contribution in [3.05, 3.63) is 24.5 Å². The highest BCUT2D eigenvalue weighted by atomic mass is 32.2. The van der Waals surface area contributed by atoms with E-state index < -0.39 is 0 Å². The first-order valence-corrected chi connectivity index (χ1v) is 6.81. The molecule has 0 saturated heterocycles. The molecule has 0 radical (unpaired) electrons. The third-order valence-electron chi connectivity index (χ3n) is 2.35. The SMILES string of the molecule is N#CCCN(CCC#N)C(=O)CSc1ccncc1. The highest BCUT2D eigenvalue weighted by Crippen LogP contribution is 2.16. The number of amides is 1. The van der Waals surface area contributed by atoms with Crippen LogP contribution in [0.1, 0.15) is 12.8 Å². The van der Waals surface area contributed by atoms with E-state index in [1.165, 1.54) is 11.8 Å². The van der Waals surface area contributed by atoms with Gasteiger partial charge in [0.25, 0.3) is 0 Å². The molecule has 1 aromatic rings. The molecule has 98 valence electrons. The Kier molecular flexibility index (Phi) is 7.08. The summed E-state index contributed by atoms with van der Waals surface area (Å²) < 4.78 is 0. The average molecular weight is 274 g/mol. The van der Waals surface area contributed by atoms with Gasteiger partial charge in [-0.1, -0.05) is 0 Å². The predicted octanol–water partition coefficient (Wildman–Crippen LogP) is 1.83. The molecule has 0 aliphatic heterocycles. The minimum atomic E-state index is -0.0488. The highest BCUT2D eigenvalue weighted by Gasteiger charge is 2.13. The summed E-state index contributed by atoms with van der Waals surface area (Å²) in [5, 5.41) is 17.1. The maximum Gasteiger partial charge on any atom is 0.232 e. The molecule has 5 nitrogen and oxygen atoms in total. The van der Waals surface area contributed by atoms with Gasteiger partial charge in [-0.2, -0.15) is 10.5 Å². The molecule has 19 heavy (non-hydrogen) atoms. The van der Waals surface area contributed by atoms with Crippen LogP contribution in [-0.2, 0) is 4.79 Å². The second-order valence-electron chi connectivity index (χ2n) is 3.67. The first-order valence-electron chi connectivity index (χ1n) is 5.82. The Morgan fingerprint density at radius 1 is 1.21 bits per heavy atom. The first-order chi connectivity index (χ1) is 9.27. The van der Waals surface area contributed by atoms with Gasteiger partial charge in [0.1, 0.15) is 0 Å². The number of aromatic nitrogens is 1. The summed E-state index contributed by atoms with van der Waals surface area (Å²) in [5.74, 6) is 0.258. The molecule has 1 aromatic heterocycles. The lowest BCUT2D eigenvalue weighted by molar-refractivity contribution is -0.128. The zero-order valence-corrected chi connectivity index (χ0v) is 11.3. The van der Waals surface area contributed by atoms with Crippen molar-refractivity contribution in [1.82, 2.24) is 9.88 Å². The van der Waals surface area contributed by atoms with E-state index in [0.717, 1.165) is 4.90 Å². The summed E-state index contributed by atoms with van der Waals surface area (Å²) in [7, 11) is 0. The van der Waals surface area contributed by atoms with Crippen molar-refractivity contribution in [2.75, 3.05) is 18.8 Å². The Morgan fingerprint density at radius 3 is 2.32 bits per heavy atom. The van der Waals surface area contributed by atoms with Crippen LogP contribution in [0.3, 0.4) is 0 Å². The van der Waals surface area contributed by atoms with Crippen molar-refractivity contribution in [2.24, 2.45) is 0 Å². The molecule has 0 aliphatic carbocycles. The molecule has 1 rings (SSSR count). The normalized spacial score (nSPS) is 9.37. The number of nitriles is 2. The van der Waals surface area contributed by atoms with Crippen molar-refractivity contribution < 1.29 is 4.79 Å². The van der Waals surface area contributed by atoms with Crippen LogP contribution in [0.5, 0.6) is 0 Å². The van der Waals surface area contributed by atoms with Gasteiger partial charge in [0.15, 0.2) is 0 Å². The molecule has 0 atom stereocenters. The number of thioether (sulfide) groups is 1. The van der Waals surface area contributed by atoms with Gasteiger partial charge < -0.3 is 4.90 Å². The minimum absolute atomic E-state index is 0.0488. The highest BCUT2D eigenvalue weighted by molar-refractivity contribution is 8.00. The quantitative estimate of drug-likeness (QED) is 0.708. The van der Waals surface area contributed by atoms with Crippen LogP contribution < -0.4 is 0 Å². The molecule has 0 bridgehead atoms. The summed E-state index contributed by atoms with van der Waals surface area (Å²) in [6, 6.07) is 7.70. The molecule has 1 heterocycles. The molecule has 0 fully saturated rings. The van der Waals surface area contributed by atoms with Crippen LogP contribution >= 0.6 is 11.8 Å². The topological polar surface area (TPSA) is 80.8 Å². The molecule has 0 aliphatic rings. The predicted molar refractivity (Wildman–Crippen MR) is 72.0 cm³/mol. The van der Waals surface area contributed by atoms with E-state index in [1.54, 1.807) is 17.3 Å². The van der Waals surface area contributed by atoms with Gasteiger partial charge in [-0.15, -0.1) is 11.8 Å². The number of carbonyl (C=O) groups excluding carboxylic acids is 1. The maximum absolute atomic E-state index is 12.0. The fourth-order valence-corrected chi connectivity index (χ4v) is 2.19. The number of rotatable bonds is 7. The van der Waals surface area contributed by atoms with E-state index in [1.807, 2.05) is 24.3 Å². The third kappa shape index (κ3) is 5.89. The maximum atomic E-state index is 12.0. The van der Waals surface area contributed by atoms with Crippen molar-refractivity contribution in [3.63, 3.8) is 0 Å². The van der Waals surface area contributed by atoms with Gasteiger partial charge in [-0.25, -0.2) is 0 Å². The lowest BCUT2D eigenvalue weighted by Gasteiger charge is -2.20. The Bertz CT molecular complexity index is 460. The van der Waals surface area contributed by atoms with Crippen molar-refractivity contribution in [2.45, 2.75) is 17.7 Å². The average Bonchev–Trinajstić information content (AvgIpc) is 2.46. The van der Waals surface area contributed by atoms with Gasteiger partial charge in [-0.3, -0.25) is 9.78 Å². The lowest BCUT2D eigenvalue weighted by atomic mass is 10.3. The summed E-state index contributed by atoms with van der Waals surface area (Å²) in [6.45, 7) is 0.766. The van der Waals surface area contributed by atoms with E-state index in [9.17, 15) is 4.79 Å². The van der Waals surface area contributed by atoms with Gasteiger partial charge >= 0.3 is 0 Å². The standard InChI is InChI=1S/C13H14N4OS/c14-5-1-9-17(10-2-6-15)13(18)11-19-12-3-7-16-8-4-12/h3-4,7-8H,1-2,9-11H2. The second kappa shape index (κ2) is 8.96.